The van der Waals surface area contributed by atoms with Crippen LogP contribution in [0.5, 0.6) is 0 Å². The first kappa shape index (κ1) is 13.5. The Hall–Kier alpha value is -0.530. The maximum absolute atomic E-state index is 6.02. The third kappa shape index (κ3) is 3.50. The molecule has 0 radical (unpaired) electrons. The second-order valence-corrected chi connectivity index (χ2v) is 4.98. The number of hydrogen-bond acceptors (Lipinski definition) is 1. The molecule has 0 spiro atoms. The van der Waals surface area contributed by atoms with Gasteiger partial charge in [0.2, 0.25) is 0 Å². The SMILES string of the molecule is CCC(CC)(CNC)Cc1cccc(Cl)c1. The average Bonchev–Trinajstić information content (AvgIpc) is 2.28. The van der Waals surface area contributed by atoms with E-state index < -0.39 is 0 Å². The maximum atomic E-state index is 6.02. The van der Waals surface area contributed by atoms with Crippen molar-refractivity contribution >= 4 is 11.6 Å². The highest BCUT2D eigenvalue weighted by Crippen LogP contribution is 2.30. The zero-order chi connectivity index (χ0) is 12.0. The molecule has 0 aliphatic heterocycles. The normalized spacial score (nSPS) is 11.8. The fourth-order valence-corrected chi connectivity index (χ4v) is 2.48. The molecule has 0 unspecified atom stereocenters. The molecule has 16 heavy (non-hydrogen) atoms. The third-order valence-corrected chi connectivity index (χ3v) is 3.76. The van der Waals surface area contributed by atoms with Gasteiger partial charge in [0.1, 0.15) is 0 Å². The number of nitrogens with one attached hydrogen (secondary N) is 1. The molecule has 0 aliphatic carbocycles. The number of rotatable bonds is 6. The zero-order valence-corrected chi connectivity index (χ0v) is 11.3. The highest BCUT2D eigenvalue weighted by atomic mass is 35.5. The molecule has 0 heterocycles. The van der Waals surface area contributed by atoms with Gasteiger partial charge in [-0.15, -0.1) is 0 Å². The van der Waals surface area contributed by atoms with Crippen LogP contribution in [0.3, 0.4) is 0 Å². The van der Waals surface area contributed by atoms with E-state index in [1.807, 2.05) is 19.2 Å². The van der Waals surface area contributed by atoms with Crippen molar-refractivity contribution in [3.8, 4) is 0 Å². The molecule has 0 saturated carbocycles. The minimum atomic E-state index is 0.361. The van der Waals surface area contributed by atoms with E-state index in [2.05, 4.69) is 31.3 Å². The van der Waals surface area contributed by atoms with Crippen LogP contribution in [0, 0.1) is 5.41 Å². The van der Waals surface area contributed by atoms with Crippen LogP contribution in [0.25, 0.3) is 0 Å². The van der Waals surface area contributed by atoms with E-state index in [-0.39, 0.29) is 0 Å². The highest BCUT2D eigenvalue weighted by molar-refractivity contribution is 6.30. The first-order chi connectivity index (χ1) is 7.65. The molecule has 0 aliphatic rings. The fourth-order valence-electron chi connectivity index (χ4n) is 2.27. The van der Waals surface area contributed by atoms with Gasteiger partial charge < -0.3 is 5.32 Å². The first-order valence-corrected chi connectivity index (χ1v) is 6.42. The molecule has 1 aromatic carbocycles. The lowest BCUT2D eigenvalue weighted by atomic mass is 9.77. The van der Waals surface area contributed by atoms with Crippen molar-refractivity contribution in [2.24, 2.45) is 5.41 Å². The molecule has 0 saturated heterocycles. The summed E-state index contributed by atoms with van der Waals surface area (Å²) in [6.07, 6.45) is 3.48. The topological polar surface area (TPSA) is 12.0 Å². The summed E-state index contributed by atoms with van der Waals surface area (Å²) in [6.45, 7) is 5.60. The lowest BCUT2D eigenvalue weighted by Crippen LogP contribution is -2.33. The monoisotopic (exact) mass is 239 g/mol. The number of halogens is 1. The van der Waals surface area contributed by atoms with Gasteiger partial charge in [-0.05, 0) is 49.4 Å². The molecule has 0 aromatic heterocycles. The minimum absolute atomic E-state index is 0.361. The van der Waals surface area contributed by atoms with E-state index in [1.165, 1.54) is 18.4 Å². The van der Waals surface area contributed by atoms with Crippen molar-refractivity contribution in [2.45, 2.75) is 33.1 Å². The average molecular weight is 240 g/mol. The van der Waals surface area contributed by atoms with Crippen LogP contribution in [0.1, 0.15) is 32.3 Å². The molecule has 1 rings (SSSR count). The molecular weight excluding hydrogens is 218 g/mol. The van der Waals surface area contributed by atoms with Gasteiger partial charge in [-0.1, -0.05) is 37.6 Å². The quantitative estimate of drug-likeness (QED) is 0.794. The summed E-state index contributed by atoms with van der Waals surface area (Å²) in [4.78, 5) is 0. The summed E-state index contributed by atoms with van der Waals surface area (Å²) in [5.74, 6) is 0. The lowest BCUT2D eigenvalue weighted by Gasteiger charge is -2.31. The van der Waals surface area contributed by atoms with Gasteiger partial charge in [0.05, 0.1) is 0 Å². The van der Waals surface area contributed by atoms with Crippen molar-refractivity contribution in [1.29, 1.82) is 0 Å². The Balaban J connectivity index is 2.82. The Morgan fingerprint density at radius 2 is 1.94 bits per heavy atom. The van der Waals surface area contributed by atoms with Gasteiger partial charge in [0.15, 0.2) is 0 Å². The van der Waals surface area contributed by atoms with Crippen LogP contribution in [0.15, 0.2) is 24.3 Å². The number of hydrogen-bond donors (Lipinski definition) is 1. The molecule has 1 N–H and O–H groups in total. The van der Waals surface area contributed by atoms with Crippen molar-refractivity contribution in [1.82, 2.24) is 5.32 Å². The summed E-state index contributed by atoms with van der Waals surface area (Å²) in [5.41, 5.74) is 1.70. The highest BCUT2D eigenvalue weighted by Gasteiger charge is 2.25. The first-order valence-electron chi connectivity index (χ1n) is 6.05. The minimum Gasteiger partial charge on any atom is -0.319 e. The zero-order valence-electron chi connectivity index (χ0n) is 10.5. The van der Waals surface area contributed by atoms with Crippen LogP contribution in [-0.4, -0.2) is 13.6 Å². The molecule has 0 bridgehead atoms. The molecule has 1 nitrogen and oxygen atoms in total. The van der Waals surface area contributed by atoms with Gasteiger partial charge in [0.25, 0.3) is 0 Å². The third-order valence-electron chi connectivity index (χ3n) is 3.52. The van der Waals surface area contributed by atoms with Crippen LogP contribution < -0.4 is 5.32 Å². The Morgan fingerprint density at radius 3 is 2.44 bits per heavy atom. The second kappa shape index (κ2) is 6.27. The Bertz CT molecular complexity index is 318. The molecule has 2 heteroatoms. The van der Waals surface area contributed by atoms with Gasteiger partial charge >= 0.3 is 0 Å². The summed E-state index contributed by atoms with van der Waals surface area (Å²) < 4.78 is 0. The molecule has 0 amide bonds. The summed E-state index contributed by atoms with van der Waals surface area (Å²) in [5, 5.41) is 4.15. The van der Waals surface area contributed by atoms with E-state index >= 15 is 0 Å². The van der Waals surface area contributed by atoms with E-state index in [4.69, 9.17) is 11.6 Å². The Labute approximate surface area is 104 Å². The predicted molar refractivity (Wildman–Crippen MR) is 72.1 cm³/mol. The van der Waals surface area contributed by atoms with Crippen LogP contribution in [0.4, 0.5) is 0 Å². The summed E-state index contributed by atoms with van der Waals surface area (Å²) in [7, 11) is 2.03. The van der Waals surface area contributed by atoms with E-state index in [1.54, 1.807) is 0 Å². The molecule has 90 valence electrons. The van der Waals surface area contributed by atoms with Gasteiger partial charge in [-0.25, -0.2) is 0 Å². The summed E-state index contributed by atoms with van der Waals surface area (Å²) >= 11 is 6.02. The second-order valence-electron chi connectivity index (χ2n) is 4.54. The molecule has 0 fully saturated rings. The maximum Gasteiger partial charge on any atom is 0.0408 e. The lowest BCUT2D eigenvalue weighted by molar-refractivity contribution is 0.253. The van der Waals surface area contributed by atoms with Gasteiger partial charge in [-0.3, -0.25) is 0 Å². The van der Waals surface area contributed by atoms with E-state index in [9.17, 15) is 0 Å². The van der Waals surface area contributed by atoms with Crippen molar-refractivity contribution in [3.05, 3.63) is 34.9 Å². The Kier molecular flexibility index (Phi) is 5.30. The molecule has 0 atom stereocenters. The van der Waals surface area contributed by atoms with E-state index in [0.717, 1.165) is 18.0 Å². The standard InChI is InChI=1S/C14H22ClN/c1-4-14(5-2,11-16-3)10-12-7-6-8-13(15)9-12/h6-9,16H,4-5,10-11H2,1-3H3. The van der Waals surface area contributed by atoms with Crippen LogP contribution >= 0.6 is 11.6 Å². The van der Waals surface area contributed by atoms with E-state index in [0.29, 0.717) is 5.41 Å². The van der Waals surface area contributed by atoms with Crippen molar-refractivity contribution in [2.75, 3.05) is 13.6 Å². The van der Waals surface area contributed by atoms with Crippen LogP contribution in [-0.2, 0) is 6.42 Å². The van der Waals surface area contributed by atoms with Gasteiger partial charge in [-0.2, -0.15) is 0 Å². The number of benzene rings is 1. The van der Waals surface area contributed by atoms with Crippen molar-refractivity contribution < 1.29 is 0 Å². The Morgan fingerprint density at radius 1 is 1.25 bits per heavy atom. The van der Waals surface area contributed by atoms with Crippen LogP contribution in [0.2, 0.25) is 5.02 Å². The smallest absolute Gasteiger partial charge is 0.0408 e. The fraction of sp³-hybridized carbons (Fsp3) is 0.571. The molecule has 1 aromatic rings. The van der Waals surface area contributed by atoms with Gasteiger partial charge in [0, 0.05) is 11.6 Å². The molecular formula is C14H22ClN. The largest absolute Gasteiger partial charge is 0.319 e. The van der Waals surface area contributed by atoms with Crippen molar-refractivity contribution in [3.63, 3.8) is 0 Å². The predicted octanol–water partition coefficient (Wildman–Crippen LogP) is 3.91. The summed E-state index contributed by atoms with van der Waals surface area (Å²) in [6, 6.07) is 8.22.